The summed E-state index contributed by atoms with van der Waals surface area (Å²) in [4.78, 5) is 35.2. The van der Waals surface area contributed by atoms with Crippen LogP contribution in [-0.4, -0.2) is 44.7 Å². The Balaban J connectivity index is 1.19. The molecular weight excluding hydrogens is 506 g/mol. The first-order valence-electron chi connectivity index (χ1n) is 14.2. The fourth-order valence-electron chi connectivity index (χ4n) is 8.06. The van der Waals surface area contributed by atoms with Crippen LogP contribution in [0.1, 0.15) is 34.9 Å². The molecule has 1 saturated heterocycles. The number of quaternary nitrogens is 1. The lowest BCUT2D eigenvalue weighted by Gasteiger charge is -2.54. The fourth-order valence-corrected chi connectivity index (χ4v) is 8.06. The van der Waals surface area contributed by atoms with E-state index in [1.54, 1.807) is 18.2 Å². The third kappa shape index (κ3) is 3.51. The van der Waals surface area contributed by atoms with Gasteiger partial charge in [-0.2, -0.15) is 5.23 Å². The summed E-state index contributed by atoms with van der Waals surface area (Å²) in [5, 5.41) is 21.7. The molecule has 204 valence electrons. The van der Waals surface area contributed by atoms with Crippen LogP contribution in [-0.2, 0) is 30.7 Å². The second-order valence-electron chi connectivity index (χ2n) is 11.8. The number of anilines is 1. The molecule has 4 aliphatic rings. The Hall–Kier alpha value is -3.92. The lowest BCUT2D eigenvalue weighted by Crippen LogP contribution is -2.99. The second-order valence-corrected chi connectivity index (χ2v) is 11.8. The average Bonchev–Trinajstić information content (AvgIpc) is 3.34. The summed E-state index contributed by atoms with van der Waals surface area (Å²) in [6.45, 7) is 2.53. The molecule has 9 heteroatoms. The third-order valence-corrected chi connectivity index (χ3v) is 9.77. The second kappa shape index (κ2) is 8.79. The minimum atomic E-state index is -0.959. The zero-order chi connectivity index (χ0) is 27.1. The van der Waals surface area contributed by atoms with Crippen molar-refractivity contribution < 1.29 is 15.2 Å². The highest BCUT2D eigenvalue weighted by Gasteiger charge is 2.50. The summed E-state index contributed by atoms with van der Waals surface area (Å²) >= 11 is 0. The zero-order valence-electron chi connectivity index (χ0n) is 22.0. The molecule has 5 atom stereocenters. The van der Waals surface area contributed by atoms with E-state index >= 15 is 0 Å². The maximum absolute atomic E-state index is 14.5. The number of aromatic amines is 1. The van der Waals surface area contributed by atoms with E-state index in [2.05, 4.69) is 28.1 Å². The van der Waals surface area contributed by atoms with Crippen LogP contribution in [0.2, 0.25) is 0 Å². The molecule has 0 aliphatic carbocycles. The quantitative estimate of drug-likeness (QED) is 0.341. The molecule has 9 nitrogen and oxygen atoms in total. The number of piperidine rings is 1. The van der Waals surface area contributed by atoms with Gasteiger partial charge < -0.3 is 24.6 Å². The molecule has 40 heavy (non-hydrogen) atoms. The molecular formula is C31H31N5O4. The molecule has 1 fully saturated rings. The highest BCUT2D eigenvalue weighted by atomic mass is 16.8. The summed E-state index contributed by atoms with van der Waals surface area (Å²) < 4.78 is 1.92. The van der Waals surface area contributed by atoms with Gasteiger partial charge in [0.05, 0.1) is 5.92 Å². The van der Waals surface area contributed by atoms with Gasteiger partial charge in [-0.25, -0.2) is 5.21 Å². The minimum absolute atomic E-state index is 0.0220. The van der Waals surface area contributed by atoms with Crippen molar-refractivity contribution in [2.45, 2.75) is 44.3 Å². The van der Waals surface area contributed by atoms with E-state index in [0.717, 1.165) is 35.3 Å². The Labute approximate surface area is 230 Å². The Bertz CT molecular complexity index is 1720. The van der Waals surface area contributed by atoms with Gasteiger partial charge in [0.15, 0.2) is 5.69 Å². The molecule has 1 amide bonds. The van der Waals surface area contributed by atoms with Crippen LogP contribution >= 0.6 is 0 Å². The van der Waals surface area contributed by atoms with Crippen molar-refractivity contribution in [1.29, 1.82) is 0 Å². The summed E-state index contributed by atoms with van der Waals surface area (Å²) in [5.41, 5.74) is 6.78. The lowest BCUT2D eigenvalue weighted by atomic mass is 9.69. The van der Waals surface area contributed by atoms with Crippen LogP contribution in [0.5, 0.6) is 0 Å². The summed E-state index contributed by atoms with van der Waals surface area (Å²) in [6, 6.07) is 19.1. The zero-order valence-corrected chi connectivity index (χ0v) is 22.0. The number of aromatic nitrogens is 2. The molecule has 2 aromatic heterocycles. The fraction of sp³-hybridized carbons (Fsp3) is 0.355. The molecule has 6 heterocycles. The molecule has 5 unspecified atom stereocenters. The number of pyridine rings is 1. The SMILES string of the molecule is O=C(C1Cc2cc([NH+]([O-])O)ccc2N2CC3CC(Cn4c3cccc4=O)C12)N1CCc2[nH]c3ccccc3c2C1. The van der Waals surface area contributed by atoms with Crippen LogP contribution < -0.4 is 15.7 Å². The molecule has 2 aromatic carbocycles. The number of hydrogen-bond acceptors (Lipinski definition) is 5. The van der Waals surface area contributed by atoms with E-state index < -0.39 is 5.23 Å². The summed E-state index contributed by atoms with van der Waals surface area (Å²) in [5.74, 6) is 0.159. The minimum Gasteiger partial charge on any atom is -0.595 e. The maximum atomic E-state index is 14.5. The van der Waals surface area contributed by atoms with Crippen LogP contribution in [0.15, 0.2) is 65.5 Å². The topological polar surface area (TPSA) is 109 Å². The van der Waals surface area contributed by atoms with Crippen molar-refractivity contribution in [3.05, 3.63) is 98.7 Å². The van der Waals surface area contributed by atoms with Crippen molar-refractivity contribution in [2.24, 2.45) is 11.8 Å². The number of H-pyrrole nitrogens is 1. The molecule has 4 aliphatic heterocycles. The van der Waals surface area contributed by atoms with Crippen molar-refractivity contribution in [1.82, 2.24) is 14.5 Å². The number of amides is 1. The normalized spacial score (nSPS) is 25.6. The number of hydrogen-bond donors (Lipinski definition) is 3. The molecule has 0 spiro atoms. The predicted octanol–water partition coefficient (Wildman–Crippen LogP) is 2.48. The summed E-state index contributed by atoms with van der Waals surface area (Å²) in [7, 11) is 0. The van der Waals surface area contributed by atoms with Gasteiger partial charge in [0.2, 0.25) is 5.91 Å². The number of carbonyl (C=O) groups is 1. The van der Waals surface area contributed by atoms with E-state index in [0.29, 0.717) is 32.6 Å². The van der Waals surface area contributed by atoms with Gasteiger partial charge in [0.1, 0.15) is 0 Å². The smallest absolute Gasteiger partial charge is 0.250 e. The van der Waals surface area contributed by atoms with Gasteiger partial charge in [-0.1, -0.05) is 24.3 Å². The van der Waals surface area contributed by atoms with Gasteiger partial charge in [-0.05, 0) is 42.5 Å². The standard InChI is InChI=1S/C31H31N5O4/c37-29-7-3-6-27-19-12-20(16-34(27)29)30-23(14-18-13-21(36(39)40)8-9-28(18)35(30)15-19)31(38)33-11-10-26-24(17-33)22-4-1-2-5-25(22)32-26/h1-9,13,19-20,23,30,32,36,39H,10-12,14-17H2. The van der Waals surface area contributed by atoms with E-state index in [1.807, 2.05) is 33.7 Å². The van der Waals surface area contributed by atoms with Crippen molar-refractivity contribution >= 4 is 28.2 Å². The monoisotopic (exact) mass is 537 g/mol. The van der Waals surface area contributed by atoms with Crippen molar-refractivity contribution in [3.63, 3.8) is 0 Å². The van der Waals surface area contributed by atoms with E-state index in [9.17, 15) is 20.0 Å². The average molecular weight is 538 g/mol. The number of nitrogens with zero attached hydrogens (tertiary/aromatic N) is 3. The third-order valence-electron chi connectivity index (χ3n) is 9.77. The van der Waals surface area contributed by atoms with Crippen LogP contribution in [0.25, 0.3) is 10.9 Å². The van der Waals surface area contributed by atoms with E-state index in [-0.39, 0.29) is 40.9 Å². The van der Waals surface area contributed by atoms with Gasteiger partial charge in [-0.3, -0.25) is 9.59 Å². The summed E-state index contributed by atoms with van der Waals surface area (Å²) in [6.07, 6.45) is 2.24. The Morgan fingerprint density at radius 2 is 1.95 bits per heavy atom. The van der Waals surface area contributed by atoms with Gasteiger partial charge >= 0.3 is 0 Å². The Kier molecular flexibility index (Phi) is 5.26. The van der Waals surface area contributed by atoms with E-state index in [4.69, 9.17) is 0 Å². The predicted molar refractivity (Wildman–Crippen MR) is 150 cm³/mol. The van der Waals surface area contributed by atoms with Gasteiger partial charge in [0.25, 0.3) is 5.56 Å². The van der Waals surface area contributed by atoms with Crippen LogP contribution in [0.4, 0.5) is 11.4 Å². The number of benzene rings is 2. The Morgan fingerprint density at radius 1 is 1.07 bits per heavy atom. The number of carbonyl (C=O) groups excluding carboxylic acids is 1. The number of fused-ring (bicyclic) bond motifs is 11. The molecule has 0 radical (unpaired) electrons. The molecule has 2 bridgehead atoms. The number of nitrogens with one attached hydrogen (secondary N) is 2. The maximum Gasteiger partial charge on any atom is 0.250 e. The van der Waals surface area contributed by atoms with Gasteiger partial charge in [0, 0.05) is 96.3 Å². The first-order chi connectivity index (χ1) is 19.5. The first kappa shape index (κ1) is 23.9. The number of rotatable bonds is 2. The van der Waals surface area contributed by atoms with Crippen molar-refractivity contribution in [3.8, 4) is 0 Å². The van der Waals surface area contributed by atoms with Crippen LogP contribution in [0.3, 0.4) is 0 Å². The lowest BCUT2D eigenvalue weighted by molar-refractivity contribution is -0.991. The highest BCUT2D eigenvalue weighted by molar-refractivity contribution is 5.87. The Morgan fingerprint density at radius 3 is 2.83 bits per heavy atom. The molecule has 4 aromatic rings. The highest BCUT2D eigenvalue weighted by Crippen LogP contribution is 2.48. The van der Waals surface area contributed by atoms with Gasteiger partial charge in [-0.15, -0.1) is 0 Å². The molecule has 3 N–H and O–H groups in total. The van der Waals surface area contributed by atoms with E-state index in [1.165, 1.54) is 16.6 Å². The number of para-hydroxylation sites is 1. The largest absolute Gasteiger partial charge is 0.595 e. The molecule has 0 saturated carbocycles. The molecule has 8 rings (SSSR count). The van der Waals surface area contributed by atoms with Crippen LogP contribution in [0, 0.1) is 17.0 Å². The first-order valence-corrected chi connectivity index (χ1v) is 14.2. The van der Waals surface area contributed by atoms with Crippen molar-refractivity contribution in [2.75, 3.05) is 18.0 Å².